The van der Waals surface area contributed by atoms with Crippen molar-refractivity contribution in [2.45, 2.75) is 6.04 Å². The predicted molar refractivity (Wildman–Crippen MR) is 44.2 cm³/mol. The molecule has 2 rings (SSSR count). The molecule has 1 aromatic carbocycles. The first-order chi connectivity index (χ1) is 6.59. The third-order valence-electron chi connectivity index (χ3n) is 2.02. The maximum atomic E-state index is 13.1. The number of benzene rings is 1. The second-order valence-corrected chi connectivity index (χ2v) is 3.05. The third-order valence-corrected chi connectivity index (χ3v) is 2.02. The summed E-state index contributed by atoms with van der Waals surface area (Å²) in [7, 11) is 0. The Morgan fingerprint density at radius 2 is 2.14 bits per heavy atom. The molecule has 0 amide bonds. The molecule has 74 valence electrons. The van der Waals surface area contributed by atoms with Gasteiger partial charge in [-0.1, -0.05) is 0 Å². The van der Waals surface area contributed by atoms with Gasteiger partial charge in [-0.2, -0.15) is 0 Å². The predicted octanol–water partition coefficient (Wildman–Crippen LogP) is 0.867. The van der Waals surface area contributed by atoms with E-state index in [4.69, 9.17) is 10.5 Å². The third kappa shape index (κ3) is 1.26. The molecule has 0 spiro atoms. The smallest absolute Gasteiger partial charge is 0.186 e. The highest BCUT2D eigenvalue weighted by atomic mass is 19.1. The fourth-order valence-corrected chi connectivity index (χ4v) is 1.34. The first kappa shape index (κ1) is 9.08. The lowest BCUT2D eigenvalue weighted by atomic mass is 10.0. The minimum absolute atomic E-state index is 0.0750. The summed E-state index contributed by atoms with van der Waals surface area (Å²) in [5.41, 5.74) is 5.25. The summed E-state index contributed by atoms with van der Waals surface area (Å²) in [6.45, 7) is -0.0750. The Hall–Kier alpha value is -1.49. The van der Waals surface area contributed by atoms with Crippen LogP contribution in [0.4, 0.5) is 8.78 Å². The summed E-state index contributed by atoms with van der Waals surface area (Å²) in [6, 6.07) is 0.756. The highest BCUT2D eigenvalue weighted by molar-refractivity contribution is 6.03. The zero-order valence-electron chi connectivity index (χ0n) is 7.09. The lowest BCUT2D eigenvalue weighted by molar-refractivity contribution is 0.0894. The molecule has 2 N–H and O–H groups in total. The summed E-state index contributed by atoms with van der Waals surface area (Å²) in [4.78, 5) is 11.4. The molecule has 5 heteroatoms. The van der Waals surface area contributed by atoms with Gasteiger partial charge in [-0.25, -0.2) is 8.78 Å². The molecule has 0 saturated heterocycles. The molecule has 0 aromatic heterocycles. The van der Waals surface area contributed by atoms with Gasteiger partial charge in [0.1, 0.15) is 18.5 Å². The highest BCUT2D eigenvalue weighted by Crippen LogP contribution is 2.28. The zero-order chi connectivity index (χ0) is 10.3. The summed E-state index contributed by atoms with van der Waals surface area (Å²) in [6.07, 6.45) is 0. The molecular weight excluding hydrogens is 192 g/mol. The summed E-state index contributed by atoms with van der Waals surface area (Å²) in [5.74, 6) is -2.39. The normalized spacial score (nSPS) is 20.2. The fourth-order valence-electron chi connectivity index (χ4n) is 1.34. The van der Waals surface area contributed by atoms with Crippen LogP contribution in [0.1, 0.15) is 10.4 Å². The van der Waals surface area contributed by atoms with Gasteiger partial charge >= 0.3 is 0 Å². The van der Waals surface area contributed by atoms with Crippen LogP contribution in [-0.4, -0.2) is 18.4 Å². The largest absolute Gasteiger partial charge is 0.488 e. The molecule has 0 bridgehead atoms. The maximum Gasteiger partial charge on any atom is 0.186 e. The summed E-state index contributed by atoms with van der Waals surface area (Å²) in [5, 5.41) is 0. The Morgan fingerprint density at radius 1 is 1.43 bits per heavy atom. The number of hydrogen-bond donors (Lipinski definition) is 1. The molecule has 3 nitrogen and oxygen atoms in total. The van der Waals surface area contributed by atoms with Gasteiger partial charge in [-0.15, -0.1) is 0 Å². The lowest BCUT2D eigenvalue weighted by Gasteiger charge is -2.21. The molecule has 0 unspecified atom stereocenters. The van der Waals surface area contributed by atoms with Gasteiger partial charge in [0.15, 0.2) is 17.3 Å². The molecule has 0 radical (unpaired) electrons. The number of ether oxygens (including phenoxy) is 1. The Balaban J connectivity index is 2.60. The molecule has 0 saturated carbocycles. The molecule has 1 aromatic rings. The van der Waals surface area contributed by atoms with Crippen molar-refractivity contribution >= 4 is 5.78 Å². The van der Waals surface area contributed by atoms with E-state index in [2.05, 4.69) is 0 Å². The Bertz CT molecular complexity index is 406. The van der Waals surface area contributed by atoms with E-state index in [-0.39, 0.29) is 17.9 Å². The topological polar surface area (TPSA) is 52.3 Å². The molecule has 1 aliphatic rings. The van der Waals surface area contributed by atoms with E-state index in [1.165, 1.54) is 0 Å². The van der Waals surface area contributed by atoms with Crippen LogP contribution < -0.4 is 10.5 Å². The summed E-state index contributed by atoms with van der Waals surface area (Å²) < 4.78 is 30.7. The quantitative estimate of drug-likeness (QED) is 0.674. The van der Waals surface area contributed by atoms with Gasteiger partial charge < -0.3 is 10.5 Å². The number of nitrogens with two attached hydrogens (primary N) is 1. The highest BCUT2D eigenvalue weighted by Gasteiger charge is 2.28. The molecule has 14 heavy (non-hydrogen) atoms. The van der Waals surface area contributed by atoms with Crippen molar-refractivity contribution in [1.82, 2.24) is 0 Å². The van der Waals surface area contributed by atoms with Crippen molar-refractivity contribution in [1.29, 1.82) is 0 Å². The van der Waals surface area contributed by atoms with Crippen molar-refractivity contribution in [3.8, 4) is 5.75 Å². The van der Waals surface area contributed by atoms with E-state index in [9.17, 15) is 13.6 Å². The molecule has 1 heterocycles. The van der Waals surface area contributed by atoms with Gasteiger partial charge in [-0.3, -0.25) is 4.79 Å². The van der Waals surface area contributed by atoms with Crippen molar-refractivity contribution in [2.24, 2.45) is 5.73 Å². The van der Waals surface area contributed by atoms with E-state index in [0.29, 0.717) is 6.07 Å². The van der Waals surface area contributed by atoms with Gasteiger partial charge in [0, 0.05) is 6.07 Å². The van der Waals surface area contributed by atoms with E-state index < -0.39 is 23.5 Å². The molecule has 0 fully saturated rings. The van der Waals surface area contributed by atoms with Gasteiger partial charge in [0.25, 0.3) is 0 Å². The standard InChI is InChI=1S/C9H7F2NO2/c10-4-1-5-8(13)7(12)3-14-9(5)6(11)2-4/h1-2,7H,3,12H2/t7-/m0/s1. The van der Waals surface area contributed by atoms with Gasteiger partial charge in [0.2, 0.25) is 0 Å². The minimum Gasteiger partial charge on any atom is -0.488 e. The number of hydrogen-bond acceptors (Lipinski definition) is 3. The fraction of sp³-hybridized carbons (Fsp3) is 0.222. The SMILES string of the molecule is N[C@H]1COc2c(F)cc(F)cc2C1=O. The molecular formula is C9H7F2NO2. The molecule has 1 atom stereocenters. The van der Waals surface area contributed by atoms with E-state index in [1.807, 2.05) is 0 Å². The number of Topliss-reactive ketones (excluding diaryl/α,β-unsaturated/α-hetero) is 1. The van der Waals surface area contributed by atoms with Gasteiger partial charge in [0.05, 0.1) is 5.56 Å². The Kier molecular flexibility index (Phi) is 1.96. The van der Waals surface area contributed by atoms with Crippen LogP contribution in [0.3, 0.4) is 0 Å². The Morgan fingerprint density at radius 3 is 2.86 bits per heavy atom. The average Bonchev–Trinajstić information content (AvgIpc) is 2.12. The van der Waals surface area contributed by atoms with Crippen LogP contribution >= 0.6 is 0 Å². The summed E-state index contributed by atoms with van der Waals surface area (Å²) >= 11 is 0. The number of halogens is 2. The number of ketones is 1. The second kappa shape index (κ2) is 3.02. The Labute approximate surface area is 78.5 Å². The van der Waals surface area contributed by atoms with Crippen LogP contribution in [0.2, 0.25) is 0 Å². The van der Waals surface area contributed by atoms with Crippen LogP contribution in [0, 0.1) is 11.6 Å². The number of fused-ring (bicyclic) bond motifs is 1. The molecule has 0 aliphatic carbocycles. The first-order valence-electron chi connectivity index (χ1n) is 4.01. The number of carbonyl (C=O) groups is 1. The average molecular weight is 199 g/mol. The van der Waals surface area contributed by atoms with E-state index >= 15 is 0 Å². The van der Waals surface area contributed by atoms with Crippen molar-refractivity contribution < 1.29 is 18.3 Å². The van der Waals surface area contributed by atoms with Crippen LogP contribution in [0.25, 0.3) is 0 Å². The molecule has 1 aliphatic heterocycles. The van der Waals surface area contributed by atoms with Crippen LogP contribution in [0.15, 0.2) is 12.1 Å². The second-order valence-electron chi connectivity index (χ2n) is 3.05. The van der Waals surface area contributed by atoms with Crippen molar-refractivity contribution in [2.75, 3.05) is 6.61 Å². The number of carbonyl (C=O) groups excluding carboxylic acids is 1. The first-order valence-corrected chi connectivity index (χ1v) is 4.01. The van der Waals surface area contributed by atoms with Crippen molar-refractivity contribution in [3.05, 3.63) is 29.3 Å². The maximum absolute atomic E-state index is 13.1. The zero-order valence-corrected chi connectivity index (χ0v) is 7.09. The van der Waals surface area contributed by atoms with Crippen molar-refractivity contribution in [3.63, 3.8) is 0 Å². The number of rotatable bonds is 0. The van der Waals surface area contributed by atoms with Gasteiger partial charge in [-0.05, 0) is 6.07 Å². The monoisotopic (exact) mass is 199 g/mol. The van der Waals surface area contributed by atoms with Crippen LogP contribution in [0.5, 0.6) is 5.75 Å². The lowest BCUT2D eigenvalue weighted by Crippen LogP contribution is -2.40. The van der Waals surface area contributed by atoms with E-state index in [0.717, 1.165) is 6.07 Å². The van der Waals surface area contributed by atoms with Crippen LogP contribution in [-0.2, 0) is 0 Å². The van der Waals surface area contributed by atoms with E-state index in [1.54, 1.807) is 0 Å². The minimum atomic E-state index is -0.875.